The molecule has 146 valence electrons. The van der Waals surface area contributed by atoms with Gasteiger partial charge in [0.05, 0.1) is 7.11 Å². The predicted molar refractivity (Wildman–Crippen MR) is 112 cm³/mol. The largest absolute Gasteiger partial charge is 0.497 e. The summed E-state index contributed by atoms with van der Waals surface area (Å²) in [5.74, 6) is 1.49. The van der Waals surface area contributed by atoms with Gasteiger partial charge in [0.2, 0.25) is 5.89 Å². The first kappa shape index (κ1) is 18.8. The lowest BCUT2D eigenvalue weighted by molar-refractivity contribution is -0.118. The van der Waals surface area contributed by atoms with Crippen molar-refractivity contribution >= 4 is 34.3 Å². The molecule has 1 amide bonds. The molecular weight excluding hydrogens is 392 g/mol. The second-order valence-electron chi connectivity index (χ2n) is 6.22. The Labute approximate surface area is 172 Å². The number of halogens is 1. The molecule has 0 fully saturated rings. The molecule has 1 aromatic heterocycles. The number of oxazole rings is 1. The number of nitrogens with one attached hydrogen (secondary N) is 1. The molecule has 3 aromatic carbocycles. The molecule has 0 saturated heterocycles. The van der Waals surface area contributed by atoms with Gasteiger partial charge in [-0.05, 0) is 60.7 Å². The molecule has 4 aromatic rings. The number of benzene rings is 3. The summed E-state index contributed by atoms with van der Waals surface area (Å²) in [5.41, 5.74) is 2.64. The van der Waals surface area contributed by atoms with Gasteiger partial charge in [0.1, 0.15) is 17.0 Å². The Morgan fingerprint density at radius 3 is 2.62 bits per heavy atom. The number of carbonyl (C=O) groups excluding carboxylic acids is 1. The van der Waals surface area contributed by atoms with E-state index in [1.54, 1.807) is 61.7 Å². The highest BCUT2D eigenvalue weighted by atomic mass is 35.5. The second-order valence-corrected chi connectivity index (χ2v) is 6.66. The Morgan fingerprint density at radius 2 is 1.86 bits per heavy atom. The SMILES string of the molecule is COc1ccc(OCC(=O)Nc2ccc3oc(-c4cccc(Cl)c4)nc3c2)cc1. The van der Waals surface area contributed by atoms with Gasteiger partial charge in [0.25, 0.3) is 5.91 Å². The van der Waals surface area contributed by atoms with Crippen LogP contribution in [-0.2, 0) is 4.79 Å². The lowest BCUT2D eigenvalue weighted by Crippen LogP contribution is -2.20. The maximum absolute atomic E-state index is 12.2. The van der Waals surface area contributed by atoms with Crippen molar-refractivity contribution in [3.05, 3.63) is 71.8 Å². The van der Waals surface area contributed by atoms with Crippen LogP contribution in [0.1, 0.15) is 0 Å². The predicted octanol–water partition coefficient (Wildman–Crippen LogP) is 5.17. The molecule has 0 radical (unpaired) electrons. The van der Waals surface area contributed by atoms with E-state index in [0.29, 0.717) is 33.4 Å². The third kappa shape index (κ3) is 4.50. The van der Waals surface area contributed by atoms with Gasteiger partial charge in [-0.1, -0.05) is 17.7 Å². The van der Waals surface area contributed by atoms with E-state index >= 15 is 0 Å². The van der Waals surface area contributed by atoms with E-state index in [1.165, 1.54) is 0 Å². The Morgan fingerprint density at radius 1 is 1.07 bits per heavy atom. The Bertz CT molecular complexity index is 1160. The van der Waals surface area contributed by atoms with Crippen LogP contribution < -0.4 is 14.8 Å². The lowest BCUT2D eigenvalue weighted by atomic mass is 10.2. The van der Waals surface area contributed by atoms with Crippen LogP contribution in [0.4, 0.5) is 5.69 Å². The molecule has 0 aliphatic rings. The number of rotatable bonds is 6. The molecule has 0 unspecified atom stereocenters. The minimum Gasteiger partial charge on any atom is -0.497 e. The number of fused-ring (bicyclic) bond motifs is 1. The quantitative estimate of drug-likeness (QED) is 0.476. The summed E-state index contributed by atoms with van der Waals surface area (Å²) < 4.78 is 16.4. The fourth-order valence-corrected chi connectivity index (χ4v) is 2.96. The van der Waals surface area contributed by atoms with Crippen LogP contribution >= 0.6 is 11.6 Å². The normalized spacial score (nSPS) is 10.7. The Balaban J connectivity index is 1.43. The topological polar surface area (TPSA) is 73.6 Å². The number of ether oxygens (including phenoxy) is 2. The highest BCUT2D eigenvalue weighted by Gasteiger charge is 2.11. The van der Waals surface area contributed by atoms with E-state index in [1.807, 2.05) is 12.1 Å². The van der Waals surface area contributed by atoms with E-state index in [4.69, 9.17) is 25.5 Å². The molecule has 4 rings (SSSR count). The number of nitrogens with zero attached hydrogens (tertiary/aromatic N) is 1. The van der Waals surface area contributed by atoms with Crippen LogP contribution in [0.3, 0.4) is 0 Å². The smallest absolute Gasteiger partial charge is 0.262 e. The van der Waals surface area contributed by atoms with Crippen LogP contribution in [0.15, 0.2) is 71.1 Å². The molecule has 0 atom stereocenters. The van der Waals surface area contributed by atoms with E-state index in [2.05, 4.69) is 10.3 Å². The van der Waals surface area contributed by atoms with Crippen molar-refractivity contribution in [3.63, 3.8) is 0 Å². The molecule has 0 spiro atoms. The average Bonchev–Trinajstić information content (AvgIpc) is 3.16. The van der Waals surface area contributed by atoms with Crippen molar-refractivity contribution in [2.24, 2.45) is 0 Å². The van der Waals surface area contributed by atoms with Gasteiger partial charge < -0.3 is 19.2 Å². The zero-order valence-corrected chi connectivity index (χ0v) is 16.3. The summed E-state index contributed by atoms with van der Waals surface area (Å²) in [6.45, 7) is -0.114. The highest BCUT2D eigenvalue weighted by Crippen LogP contribution is 2.27. The zero-order chi connectivity index (χ0) is 20.2. The maximum atomic E-state index is 12.2. The van der Waals surface area contributed by atoms with Crippen molar-refractivity contribution in [1.29, 1.82) is 0 Å². The number of methoxy groups -OCH3 is 1. The van der Waals surface area contributed by atoms with Gasteiger partial charge in [-0.3, -0.25) is 4.79 Å². The molecular formula is C22H17ClN2O4. The average molecular weight is 409 g/mol. The molecule has 0 saturated carbocycles. The van der Waals surface area contributed by atoms with Crippen LogP contribution in [-0.4, -0.2) is 24.6 Å². The van der Waals surface area contributed by atoms with Gasteiger partial charge in [-0.25, -0.2) is 4.98 Å². The highest BCUT2D eigenvalue weighted by molar-refractivity contribution is 6.30. The first-order valence-electron chi connectivity index (χ1n) is 8.84. The van der Waals surface area contributed by atoms with Crippen molar-refractivity contribution in [2.45, 2.75) is 0 Å². The van der Waals surface area contributed by atoms with Crippen LogP contribution in [0.25, 0.3) is 22.6 Å². The fourth-order valence-electron chi connectivity index (χ4n) is 2.77. The van der Waals surface area contributed by atoms with Gasteiger partial charge in [-0.2, -0.15) is 0 Å². The minimum atomic E-state index is -0.279. The third-order valence-corrected chi connectivity index (χ3v) is 4.41. The number of hydrogen-bond donors (Lipinski definition) is 1. The summed E-state index contributed by atoms with van der Waals surface area (Å²) in [7, 11) is 1.59. The minimum absolute atomic E-state index is 0.114. The fraction of sp³-hybridized carbons (Fsp3) is 0.0909. The number of anilines is 1. The van der Waals surface area contributed by atoms with Gasteiger partial charge in [-0.15, -0.1) is 0 Å². The first-order valence-corrected chi connectivity index (χ1v) is 9.22. The standard InChI is InChI=1S/C22H17ClN2O4/c1-27-17-6-8-18(9-7-17)28-13-21(26)24-16-5-10-20-19(12-16)25-22(29-20)14-3-2-4-15(23)11-14/h2-12H,13H2,1H3,(H,24,26). The maximum Gasteiger partial charge on any atom is 0.262 e. The monoisotopic (exact) mass is 408 g/mol. The molecule has 1 N–H and O–H groups in total. The van der Waals surface area contributed by atoms with Crippen molar-refractivity contribution in [3.8, 4) is 23.0 Å². The van der Waals surface area contributed by atoms with Gasteiger partial charge >= 0.3 is 0 Å². The van der Waals surface area contributed by atoms with Crippen molar-refractivity contribution in [2.75, 3.05) is 19.0 Å². The summed E-state index contributed by atoms with van der Waals surface area (Å²) in [5, 5.41) is 3.40. The first-order chi connectivity index (χ1) is 14.1. The summed E-state index contributed by atoms with van der Waals surface area (Å²) >= 11 is 6.03. The van der Waals surface area contributed by atoms with E-state index in [9.17, 15) is 4.79 Å². The van der Waals surface area contributed by atoms with Gasteiger partial charge in [0, 0.05) is 16.3 Å². The Hall–Kier alpha value is -3.51. The van der Waals surface area contributed by atoms with Crippen molar-refractivity contribution < 1.29 is 18.7 Å². The Kier molecular flexibility index (Phi) is 5.35. The second kappa shape index (κ2) is 8.24. The molecule has 0 aliphatic heterocycles. The molecule has 0 aliphatic carbocycles. The zero-order valence-electron chi connectivity index (χ0n) is 15.5. The molecule has 0 bridgehead atoms. The van der Waals surface area contributed by atoms with Crippen molar-refractivity contribution in [1.82, 2.24) is 4.98 Å². The molecule has 7 heteroatoms. The van der Waals surface area contributed by atoms with E-state index in [0.717, 1.165) is 11.3 Å². The number of amides is 1. The van der Waals surface area contributed by atoms with Crippen LogP contribution in [0.5, 0.6) is 11.5 Å². The summed E-state index contributed by atoms with van der Waals surface area (Å²) in [6, 6.07) is 19.6. The van der Waals surface area contributed by atoms with Crippen LogP contribution in [0.2, 0.25) is 5.02 Å². The molecule has 1 heterocycles. The molecule has 29 heavy (non-hydrogen) atoms. The number of aromatic nitrogens is 1. The number of carbonyl (C=O) groups is 1. The van der Waals surface area contributed by atoms with Gasteiger partial charge in [0.15, 0.2) is 12.2 Å². The summed E-state index contributed by atoms with van der Waals surface area (Å²) in [6.07, 6.45) is 0. The number of hydrogen-bond acceptors (Lipinski definition) is 5. The van der Waals surface area contributed by atoms with E-state index in [-0.39, 0.29) is 12.5 Å². The van der Waals surface area contributed by atoms with E-state index < -0.39 is 0 Å². The summed E-state index contributed by atoms with van der Waals surface area (Å²) in [4.78, 5) is 16.7. The third-order valence-electron chi connectivity index (χ3n) is 4.17. The lowest BCUT2D eigenvalue weighted by Gasteiger charge is -2.08. The molecule has 6 nitrogen and oxygen atoms in total. The van der Waals surface area contributed by atoms with Crippen LogP contribution in [0, 0.1) is 0 Å².